The molecular formula is C57H42N2. The summed E-state index contributed by atoms with van der Waals surface area (Å²) in [6.45, 7) is 0. The lowest BCUT2D eigenvalue weighted by Crippen LogP contribution is -2.20. The van der Waals surface area contributed by atoms with Crippen LogP contribution in [0.25, 0.3) is 71.6 Å². The van der Waals surface area contributed by atoms with E-state index in [2.05, 4.69) is 216 Å². The van der Waals surface area contributed by atoms with E-state index in [-0.39, 0.29) is 5.41 Å². The second kappa shape index (κ2) is 13.5. The Balaban J connectivity index is 0.927. The van der Waals surface area contributed by atoms with Crippen molar-refractivity contribution >= 4 is 49.6 Å². The normalized spacial score (nSPS) is 14.0. The van der Waals surface area contributed by atoms with Gasteiger partial charge in [0.15, 0.2) is 0 Å². The monoisotopic (exact) mass is 754 g/mol. The minimum absolute atomic E-state index is 0.160. The van der Waals surface area contributed by atoms with Crippen LogP contribution < -0.4 is 4.90 Å². The van der Waals surface area contributed by atoms with Gasteiger partial charge in [0.25, 0.3) is 0 Å². The molecule has 1 aromatic heterocycles. The molecule has 2 nitrogen and oxygen atoms in total. The van der Waals surface area contributed by atoms with Crippen molar-refractivity contribution < 1.29 is 0 Å². The van der Waals surface area contributed by atoms with Crippen LogP contribution in [0, 0.1) is 0 Å². The lowest BCUT2D eigenvalue weighted by molar-refractivity contribution is 0.550. The summed E-state index contributed by atoms with van der Waals surface area (Å²) in [6.07, 6.45) is 5.08. The first-order valence-corrected chi connectivity index (χ1v) is 21.0. The maximum atomic E-state index is 2.51. The van der Waals surface area contributed by atoms with E-state index in [1.807, 2.05) is 0 Å². The molecule has 2 heteroatoms. The number of anilines is 3. The number of hydrogen-bond donors (Lipinski definition) is 0. The molecule has 10 aromatic rings. The van der Waals surface area contributed by atoms with Crippen molar-refractivity contribution in [3.63, 3.8) is 0 Å². The summed E-state index contributed by atoms with van der Waals surface area (Å²) in [7, 11) is 0. The van der Waals surface area contributed by atoms with Crippen LogP contribution >= 0.6 is 0 Å². The van der Waals surface area contributed by atoms with Crippen molar-refractivity contribution in [3.05, 3.63) is 217 Å². The van der Waals surface area contributed by atoms with Gasteiger partial charge in [-0.05, 0) is 135 Å². The molecule has 0 unspecified atom stereocenters. The number of benzene rings is 9. The highest BCUT2D eigenvalue weighted by Crippen LogP contribution is 2.57. The zero-order chi connectivity index (χ0) is 38.9. The maximum Gasteiger partial charge on any atom is 0.0547 e. The number of fused-ring (bicyclic) bond motifs is 9. The molecule has 1 fully saturated rings. The van der Waals surface area contributed by atoms with Crippen LogP contribution in [0.1, 0.15) is 36.8 Å². The summed E-state index contributed by atoms with van der Waals surface area (Å²) < 4.78 is 2.39. The van der Waals surface area contributed by atoms with Gasteiger partial charge in [-0.15, -0.1) is 0 Å². The molecule has 59 heavy (non-hydrogen) atoms. The SMILES string of the molecule is c1ccc(-n2c3ccccc3c3ccc(-c4ccc(N(c5ccc(-c6ccc7c(c6)C6(CCCC6)c6ccccc6-7)cc5)c5ccc6ccccc6c5)cc4)cc32)cc1. The molecule has 280 valence electrons. The highest BCUT2D eigenvalue weighted by Gasteiger charge is 2.44. The Morgan fingerprint density at radius 1 is 0.373 bits per heavy atom. The summed E-state index contributed by atoms with van der Waals surface area (Å²) in [5, 5.41) is 5.00. The minimum Gasteiger partial charge on any atom is -0.310 e. The van der Waals surface area contributed by atoms with E-state index < -0.39 is 0 Å². The third-order valence-corrected chi connectivity index (χ3v) is 13.3. The van der Waals surface area contributed by atoms with E-state index in [1.54, 1.807) is 0 Å². The summed E-state index contributed by atoms with van der Waals surface area (Å²) >= 11 is 0. The van der Waals surface area contributed by atoms with Crippen molar-refractivity contribution in [1.82, 2.24) is 4.57 Å². The Morgan fingerprint density at radius 3 is 1.73 bits per heavy atom. The molecule has 12 rings (SSSR count). The topological polar surface area (TPSA) is 8.17 Å². The van der Waals surface area contributed by atoms with Crippen molar-refractivity contribution in [2.75, 3.05) is 4.90 Å². The molecule has 9 aromatic carbocycles. The molecule has 0 atom stereocenters. The molecule has 1 saturated carbocycles. The third-order valence-electron chi connectivity index (χ3n) is 13.3. The predicted octanol–water partition coefficient (Wildman–Crippen LogP) is 15.6. The quantitative estimate of drug-likeness (QED) is 0.164. The molecule has 0 saturated heterocycles. The molecule has 1 spiro atoms. The Kier molecular flexibility index (Phi) is 7.74. The average Bonchev–Trinajstić information content (AvgIpc) is 4.01. The summed E-state index contributed by atoms with van der Waals surface area (Å²) in [4.78, 5) is 2.39. The lowest BCUT2D eigenvalue weighted by Gasteiger charge is -2.27. The van der Waals surface area contributed by atoms with Gasteiger partial charge >= 0.3 is 0 Å². The molecule has 0 radical (unpaired) electrons. The molecule has 0 bridgehead atoms. The standard InChI is InChI=1S/C57H42N2/c1-2-14-45(15-3-1)59-55-19-9-7-17-51(55)52-33-26-44(38-56(52)59)41-22-29-47(30-23-41)58(48-31-24-39-12-4-5-13-42(39)36-48)46-27-20-40(21-28-46)43-25-32-50-49-16-6-8-18-53(49)57(54(50)37-43)34-10-11-35-57/h1-9,12-33,36-38H,10-11,34-35H2. The predicted molar refractivity (Wildman–Crippen MR) is 249 cm³/mol. The fourth-order valence-electron chi connectivity index (χ4n) is 10.5. The smallest absolute Gasteiger partial charge is 0.0547 e. The number of aromatic nitrogens is 1. The van der Waals surface area contributed by atoms with Crippen LogP contribution in [0.4, 0.5) is 17.1 Å². The van der Waals surface area contributed by atoms with Crippen molar-refractivity contribution in [3.8, 4) is 39.1 Å². The van der Waals surface area contributed by atoms with Crippen LogP contribution in [-0.2, 0) is 5.41 Å². The fourth-order valence-corrected chi connectivity index (χ4v) is 10.5. The zero-order valence-corrected chi connectivity index (χ0v) is 32.9. The number of nitrogens with zero attached hydrogens (tertiary/aromatic N) is 2. The Morgan fingerprint density at radius 2 is 0.949 bits per heavy atom. The van der Waals surface area contributed by atoms with E-state index in [0.29, 0.717) is 0 Å². The Labute approximate surface area is 345 Å². The van der Waals surface area contributed by atoms with Gasteiger partial charge in [-0.2, -0.15) is 0 Å². The van der Waals surface area contributed by atoms with Gasteiger partial charge in [0.2, 0.25) is 0 Å². The van der Waals surface area contributed by atoms with E-state index in [1.165, 1.54) is 108 Å². The Bertz CT molecular complexity index is 3200. The fraction of sp³-hybridized carbons (Fsp3) is 0.0877. The highest BCUT2D eigenvalue weighted by molar-refractivity contribution is 6.10. The second-order valence-corrected chi connectivity index (χ2v) is 16.5. The third kappa shape index (κ3) is 5.40. The van der Waals surface area contributed by atoms with Crippen LogP contribution in [0.15, 0.2) is 206 Å². The first-order chi connectivity index (χ1) is 29.2. The van der Waals surface area contributed by atoms with Crippen LogP contribution in [0.3, 0.4) is 0 Å². The van der Waals surface area contributed by atoms with Gasteiger partial charge in [0, 0.05) is 38.9 Å². The average molecular weight is 755 g/mol. The molecule has 0 amide bonds. The second-order valence-electron chi connectivity index (χ2n) is 16.5. The van der Waals surface area contributed by atoms with E-state index in [4.69, 9.17) is 0 Å². The van der Waals surface area contributed by atoms with Crippen molar-refractivity contribution in [2.24, 2.45) is 0 Å². The van der Waals surface area contributed by atoms with Crippen LogP contribution in [0.5, 0.6) is 0 Å². The largest absolute Gasteiger partial charge is 0.310 e. The van der Waals surface area contributed by atoms with Gasteiger partial charge in [0.05, 0.1) is 11.0 Å². The summed E-state index contributed by atoms with van der Waals surface area (Å²) in [6, 6.07) is 76.4. The zero-order valence-electron chi connectivity index (χ0n) is 32.9. The molecule has 1 heterocycles. The number of hydrogen-bond acceptors (Lipinski definition) is 1. The molecular weight excluding hydrogens is 713 g/mol. The molecule has 2 aliphatic rings. The number of para-hydroxylation sites is 2. The molecule has 0 N–H and O–H groups in total. The molecule has 2 aliphatic carbocycles. The first-order valence-electron chi connectivity index (χ1n) is 21.0. The number of rotatable bonds is 6. The van der Waals surface area contributed by atoms with Gasteiger partial charge in [0.1, 0.15) is 0 Å². The van der Waals surface area contributed by atoms with E-state index in [9.17, 15) is 0 Å². The summed E-state index contributed by atoms with van der Waals surface area (Å²) in [5.74, 6) is 0. The summed E-state index contributed by atoms with van der Waals surface area (Å²) in [5.41, 5.74) is 18.0. The minimum atomic E-state index is 0.160. The Hall–Kier alpha value is -7.16. The highest BCUT2D eigenvalue weighted by atomic mass is 15.1. The molecule has 0 aliphatic heterocycles. The van der Waals surface area contributed by atoms with Crippen LogP contribution in [-0.4, -0.2) is 4.57 Å². The van der Waals surface area contributed by atoms with E-state index in [0.717, 1.165) is 17.1 Å². The lowest BCUT2D eigenvalue weighted by atomic mass is 9.76. The van der Waals surface area contributed by atoms with Crippen LogP contribution in [0.2, 0.25) is 0 Å². The van der Waals surface area contributed by atoms with Gasteiger partial charge in [-0.1, -0.05) is 152 Å². The van der Waals surface area contributed by atoms with Crippen molar-refractivity contribution in [2.45, 2.75) is 31.1 Å². The first kappa shape index (κ1) is 33.9. The maximum absolute atomic E-state index is 2.51. The van der Waals surface area contributed by atoms with Gasteiger partial charge in [-0.25, -0.2) is 0 Å². The van der Waals surface area contributed by atoms with Gasteiger partial charge < -0.3 is 9.47 Å². The van der Waals surface area contributed by atoms with Gasteiger partial charge in [-0.3, -0.25) is 0 Å². The van der Waals surface area contributed by atoms with Crippen molar-refractivity contribution in [1.29, 1.82) is 0 Å². The van der Waals surface area contributed by atoms with E-state index >= 15 is 0 Å².